The fourth-order valence-electron chi connectivity index (χ4n) is 4.54. The van der Waals surface area contributed by atoms with E-state index in [-0.39, 0.29) is 5.91 Å². The summed E-state index contributed by atoms with van der Waals surface area (Å²) >= 11 is 0. The third-order valence-corrected chi connectivity index (χ3v) is 6.59. The number of nitrogens with two attached hydrogens (primary N) is 1. The second-order valence-corrected chi connectivity index (χ2v) is 9.56. The molecule has 0 unspecified atom stereocenters. The van der Waals surface area contributed by atoms with Crippen molar-refractivity contribution in [1.82, 2.24) is 10.3 Å². The van der Waals surface area contributed by atoms with Crippen LogP contribution in [-0.4, -0.2) is 23.0 Å². The Kier molecular flexibility index (Phi) is 7.70. The van der Waals surface area contributed by atoms with E-state index in [1.54, 1.807) is 0 Å². The molecule has 0 saturated carbocycles. The Labute approximate surface area is 227 Å². The molecular weight excluding hydrogens is 486 g/mol. The van der Waals surface area contributed by atoms with Crippen LogP contribution in [-0.2, 0) is 17.8 Å². The van der Waals surface area contributed by atoms with Gasteiger partial charge < -0.3 is 26.7 Å². The van der Waals surface area contributed by atoms with Crippen molar-refractivity contribution in [3.63, 3.8) is 0 Å². The van der Waals surface area contributed by atoms with Crippen LogP contribution < -0.4 is 21.7 Å². The highest BCUT2D eigenvalue weighted by molar-refractivity contribution is 6.00. The zero-order chi connectivity index (χ0) is 27.2. The molecule has 5 aromatic rings. The molecule has 5 rings (SSSR count). The Bertz CT molecular complexity index is 1580. The minimum atomic E-state index is -0.805. The van der Waals surface area contributed by atoms with Gasteiger partial charge in [-0.1, -0.05) is 66.7 Å². The summed E-state index contributed by atoms with van der Waals surface area (Å²) in [6.45, 7) is 2.43. The number of hydrogen-bond donors (Lipinski definition) is 5. The Morgan fingerprint density at radius 3 is 2.15 bits per heavy atom. The number of anilines is 2. The van der Waals surface area contributed by atoms with Crippen molar-refractivity contribution in [2.24, 2.45) is 5.73 Å². The lowest BCUT2D eigenvalue weighted by Gasteiger charge is -2.19. The first-order chi connectivity index (χ1) is 19.0. The first-order valence-corrected chi connectivity index (χ1v) is 12.9. The quantitative estimate of drug-likeness (QED) is 0.175. The monoisotopic (exact) mass is 517 g/mol. The van der Waals surface area contributed by atoms with Crippen molar-refractivity contribution in [2.45, 2.75) is 25.9 Å². The van der Waals surface area contributed by atoms with Gasteiger partial charge in [-0.2, -0.15) is 0 Å². The van der Waals surface area contributed by atoms with Crippen LogP contribution in [0.25, 0.3) is 22.0 Å². The van der Waals surface area contributed by atoms with Crippen LogP contribution in [0.15, 0.2) is 103 Å². The first-order valence-electron chi connectivity index (χ1n) is 12.9. The minimum absolute atomic E-state index is 0.306. The molecule has 196 valence electrons. The maximum Gasteiger partial charge on any atom is 0.319 e. The highest BCUT2D eigenvalue weighted by Gasteiger charge is 2.22. The predicted molar refractivity (Wildman–Crippen MR) is 158 cm³/mol. The molecule has 0 aliphatic heterocycles. The van der Waals surface area contributed by atoms with E-state index in [2.05, 4.69) is 20.9 Å². The lowest BCUT2D eigenvalue weighted by molar-refractivity contribution is -0.117. The number of urea groups is 1. The molecule has 0 bridgehead atoms. The number of amides is 3. The Hall–Kier alpha value is -4.88. The molecule has 0 spiro atoms. The molecule has 0 saturated heterocycles. The lowest BCUT2D eigenvalue weighted by Crippen LogP contribution is -2.46. The van der Waals surface area contributed by atoms with Crippen LogP contribution in [0, 0.1) is 6.92 Å². The van der Waals surface area contributed by atoms with E-state index in [0.717, 1.165) is 38.9 Å². The van der Waals surface area contributed by atoms with Gasteiger partial charge in [-0.25, -0.2) is 4.79 Å². The van der Waals surface area contributed by atoms with Gasteiger partial charge in [0.2, 0.25) is 5.91 Å². The van der Waals surface area contributed by atoms with Crippen LogP contribution in [0.5, 0.6) is 0 Å². The molecule has 1 atom stereocenters. The zero-order valence-electron chi connectivity index (χ0n) is 21.7. The molecule has 3 amide bonds. The van der Waals surface area contributed by atoms with Gasteiger partial charge in [0.25, 0.3) is 0 Å². The van der Waals surface area contributed by atoms with E-state index < -0.39 is 12.1 Å². The topological polar surface area (TPSA) is 112 Å². The number of benzene rings is 4. The van der Waals surface area contributed by atoms with Crippen molar-refractivity contribution in [3.8, 4) is 11.1 Å². The number of H-pyrrole nitrogens is 1. The third kappa shape index (κ3) is 6.52. The van der Waals surface area contributed by atoms with E-state index in [4.69, 9.17) is 5.73 Å². The number of nitrogens with one attached hydrogen (secondary N) is 4. The van der Waals surface area contributed by atoms with Crippen LogP contribution in [0.2, 0.25) is 0 Å². The lowest BCUT2D eigenvalue weighted by atomic mass is 10.0. The van der Waals surface area contributed by atoms with Gasteiger partial charge in [-0.3, -0.25) is 4.79 Å². The molecule has 7 heteroatoms. The Morgan fingerprint density at radius 2 is 1.44 bits per heavy atom. The molecule has 39 heavy (non-hydrogen) atoms. The van der Waals surface area contributed by atoms with Gasteiger partial charge in [-0.05, 0) is 65.6 Å². The largest absolute Gasteiger partial charge is 0.359 e. The summed E-state index contributed by atoms with van der Waals surface area (Å²) in [5.41, 5.74) is 13.1. The van der Waals surface area contributed by atoms with Crippen molar-refractivity contribution in [2.75, 3.05) is 10.6 Å². The second kappa shape index (κ2) is 11.7. The molecule has 0 fully saturated rings. The normalized spacial score (nSPS) is 11.6. The summed E-state index contributed by atoms with van der Waals surface area (Å²) in [5.74, 6) is -0.306. The molecule has 1 aromatic heterocycles. The summed E-state index contributed by atoms with van der Waals surface area (Å²) < 4.78 is 0. The van der Waals surface area contributed by atoms with E-state index in [1.807, 2.05) is 110 Å². The zero-order valence-corrected chi connectivity index (χ0v) is 21.7. The third-order valence-electron chi connectivity index (χ3n) is 6.59. The predicted octanol–water partition coefficient (Wildman–Crippen LogP) is 5.97. The highest BCUT2D eigenvalue weighted by Crippen LogP contribution is 2.22. The number of rotatable bonds is 8. The Morgan fingerprint density at radius 1 is 0.769 bits per heavy atom. The molecule has 4 aromatic carbocycles. The molecule has 0 aliphatic carbocycles. The highest BCUT2D eigenvalue weighted by atomic mass is 16.2. The van der Waals surface area contributed by atoms with E-state index in [9.17, 15) is 9.59 Å². The van der Waals surface area contributed by atoms with E-state index in [1.165, 1.54) is 0 Å². The Balaban J connectivity index is 1.30. The number of aromatic amines is 1. The number of fused-ring (bicyclic) bond motifs is 1. The van der Waals surface area contributed by atoms with Crippen LogP contribution in [0.1, 0.15) is 16.8 Å². The minimum Gasteiger partial charge on any atom is -0.359 e. The summed E-state index contributed by atoms with van der Waals surface area (Å²) in [7, 11) is 0. The first kappa shape index (κ1) is 25.8. The number of hydrogen-bond acceptors (Lipinski definition) is 3. The molecule has 1 heterocycles. The average molecular weight is 518 g/mol. The maximum absolute atomic E-state index is 13.4. The van der Waals surface area contributed by atoms with E-state index in [0.29, 0.717) is 24.3 Å². The summed E-state index contributed by atoms with van der Waals surface area (Å²) in [6.07, 6.45) is 0.322. The van der Waals surface area contributed by atoms with Crippen LogP contribution >= 0.6 is 0 Å². The van der Waals surface area contributed by atoms with Crippen LogP contribution in [0.3, 0.4) is 0 Å². The number of carbonyl (C=O) groups is 2. The maximum atomic E-state index is 13.4. The SMILES string of the molecule is Cc1cc2cc(NC(=O)[C@H](Cc3ccc(CN)cc3)NC(=O)Nc3ccc(-c4ccccc4)cc3)ccc2[nH]1. The standard InChI is InChI=1S/C32H31N5O2/c1-21-17-26-19-28(15-16-29(26)34-21)35-31(38)30(18-22-7-9-23(20-33)10-8-22)37-32(39)36-27-13-11-25(12-14-27)24-5-3-2-4-6-24/h2-17,19,30,34H,18,20,33H2,1H3,(H,35,38)(H2,36,37,39)/t30-/m0/s1. The van der Waals surface area contributed by atoms with Gasteiger partial charge in [0.1, 0.15) is 6.04 Å². The molecule has 0 radical (unpaired) electrons. The van der Waals surface area contributed by atoms with Gasteiger partial charge in [0, 0.05) is 40.9 Å². The molecular formula is C32H31N5O2. The molecule has 0 aliphatic rings. The second-order valence-electron chi connectivity index (χ2n) is 9.56. The van der Waals surface area contributed by atoms with Crippen molar-refractivity contribution >= 4 is 34.2 Å². The van der Waals surface area contributed by atoms with Gasteiger partial charge in [-0.15, -0.1) is 0 Å². The molecule has 6 N–H and O–H groups in total. The van der Waals surface area contributed by atoms with Gasteiger partial charge >= 0.3 is 6.03 Å². The number of aromatic nitrogens is 1. The van der Waals surface area contributed by atoms with Gasteiger partial charge in [0.05, 0.1) is 0 Å². The fourth-order valence-corrected chi connectivity index (χ4v) is 4.54. The summed E-state index contributed by atoms with van der Waals surface area (Å²) in [4.78, 5) is 29.6. The summed E-state index contributed by atoms with van der Waals surface area (Å²) in [5, 5.41) is 9.68. The molecule has 7 nitrogen and oxygen atoms in total. The number of aryl methyl sites for hydroxylation is 1. The van der Waals surface area contributed by atoms with Crippen molar-refractivity contribution in [3.05, 3.63) is 120 Å². The number of carbonyl (C=O) groups excluding carboxylic acids is 2. The van der Waals surface area contributed by atoms with Crippen molar-refractivity contribution < 1.29 is 9.59 Å². The van der Waals surface area contributed by atoms with Crippen molar-refractivity contribution in [1.29, 1.82) is 0 Å². The van der Waals surface area contributed by atoms with E-state index >= 15 is 0 Å². The smallest absolute Gasteiger partial charge is 0.319 e. The summed E-state index contributed by atoms with van der Waals surface area (Å²) in [6, 6.07) is 31.8. The average Bonchev–Trinajstić information content (AvgIpc) is 3.33. The fraction of sp³-hybridized carbons (Fsp3) is 0.125. The van der Waals surface area contributed by atoms with Gasteiger partial charge in [0.15, 0.2) is 0 Å². The van der Waals surface area contributed by atoms with Crippen LogP contribution in [0.4, 0.5) is 16.2 Å².